The van der Waals surface area contributed by atoms with Crippen LogP contribution in [0.4, 0.5) is 0 Å². The zero-order valence-electron chi connectivity index (χ0n) is 12.8. The van der Waals surface area contributed by atoms with Crippen molar-refractivity contribution in [2.45, 2.75) is 50.1 Å². The molecule has 1 fully saturated rings. The van der Waals surface area contributed by atoms with Crippen LogP contribution in [0.5, 0.6) is 0 Å². The maximum atomic E-state index is 5.06. The summed E-state index contributed by atoms with van der Waals surface area (Å²) >= 11 is 3.56. The van der Waals surface area contributed by atoms with E-state index in [1.54, 1.807) is 11.8 Å². The van der Waals surface area contributed by atoms with Crippen molar-refractivity contribution in [3.8, 4) is 0 Å². The molecule has 4 nitrogen and oxygen atoms in total. The van der Waals surface area contributed by atoms with E-state index in [2.05, 4.69) is 27.8 Å². The Morgan fingerprint density at radius 2 is 2.09 bits per heavy atom. The van der Waals surface area contributed by atoms with Crippen molar-refractivity contribution in [1.29, 1.82) is 0 Å². The minimum Gasteiger partial charge on any atom is -0.257 e. The van der Waals surface area contributed by atoms with Gasteiger partial charge in [0, 0.05) is 10.8 Å². The lowest BCUT2D eigenvalue weighted by Crippen LogP contribution is -2.09. The molecule has 0 radical (unpaired) electrons. The van der Waals surface area contributed by atoms with Gasteiger partial charge in [0.2, 0.25) is 0 Å². The number of thioether (sulfide) groups is 1. The number of thiophene rings is 1. The second-order valence-electron chi connectivity index (χ2n) is 6.62. The summed E-state index contributed by atoms with van der Waals surface area (Å²) in [5.74, 6) is 2.58. The molecule has 3 heterocycles. The highest BCUT2D eigenvalue weighted by Gasteiger charge is 2.32. The minimum atomic E-state index is 0.604. The molecule has 1 saturated carbocycles. The van der Waals surface area contributed by atoms with Crippen LogP contribution in [0.1, 0.15) is 48.4 Å². The Labute approximate surface area is 137 Å². The molecule has 3 aromatic heterocycles. The first-order chi connectivity index (χ1) is 10.8. The van der Waals surface area contributed by atoms with Crippen molar-refractivity contribution in [3.05, 3.63) is 16.3 Å². The molecule has 0 N–H and O–H groups in total. The standard InChI is InChI=1S/C16H18N4S2/c1-8-3-6-10-11(7-8)22-15-12(10)14-18-19-16(21-2)20(14)13(17-15)9-4-5-9/h8-9H,3-7H2,1-2H3. The summed E-state index contributed by atoms with van der Waals surface area (Å²) < 4.78 is 2.23. The van der Waals surface area contributed by atoms with Crippen molar-refractivity contribution in [2.75, 3.05) is 6.26 Å². The normalized spacial score (nSPS) is 21.6. The van der Waals surface area contributed by atoms with Gasteiger partial charge in [0.25, 0.3) is 0 Å². The van der Waals surface area contributed by atoms with E-state index in [0.29, 0.717) is 5.92 Å². The van der Waals surface area contributed by atoms with Crippen LogP contribution >= 0.6 is 23.1 Å². The average molecular weight is 330 g/mol. The Hall–Kier alpha value is -1.14. The SMILES string of the molecule is CSc1nnc2c3c4c(sc3nc(C3CC3)n12)CC(C)CC4. The predicted molar refractivity (Wildman–Crippen MR) is 91.1 cm³/mol. The van der Waals surface area contributed by atoms with E-state index < -0.39 is 0 Å². The molecule has 0 aliphatic heterocycles. The monoisotopic (exact) mass is 330 g/mol. The van der Waals surface area contributed by atoms with Crippen molar-refractivity contribution < 1.29 is 0 Å². The lowest BCUT2D eigenvalue weighted by Gasteiger charge is -2.17. The van der Waals surface area contributed by atoms with E-state index in [1.165, 1.54) is 52.2 Å². The van der Waals surface area contributed by atoms with Gasteiger partial charge < -0.3 is 0 Å². The smallest absolute Gasteiger partial charge is 0.196 e. The number of fused-ring (bicyclic) bond motifs is 5. The summed E-state index contributed by atoms with van der Waals surface area (Å²) in [5, 5.41) is 11.2. The van der Waals surface area contributed by atoms with Gasteiger partial charge in [-0.3, -0.25) is 4.40 Å². The highest BCUT2D eigenvalue weighted by Crippen LogP contribution is 2.44. The molecule has 2 aliphatic carbocycles. The van der Waals surface area contributed by atoms with Gasteiger partial charge >= 0.3 is 0 Å². The third-order valence-corrected chi connectivity index (χ3v) is 6.70. The maximum absolute atomic E-state index is 5.06. The number of aromatic nitrogens is 4. The summed E-state index contributed by atoms with van der Waals surface area (Å²) in [6.07, 6.45) is 8.22. The summed E-state index contributed by atoms with van der Waals surface area (Å²) in [6, 6.07) is 0. The first-order valence-corrected chi connectivity index (χ1v) is 10.0. The van der Waals surface area contributed by atoms with Crippen LogP contribution in [-0.4, -0.2) is 25.8 Å². The molecule has 0 aromatic carbocycles. The highest BCUT2D eigenvalue weighted by atomic mass is 32.2. The second kappa shape index (κ2) is 4.68. The molecule has 0 spiro atoms. The molecule has 2 aliphatic rings. The number of rotatable bonds is 2. The topological polar surface area (TPSA) is 43.1 Å². The summed E-state index contributed by atoms with van der Waals surface area (Å²) in [4.78, 5) is 7.79. The summed E-state index contributed by atoms with van der Waals surface area (Å²) in [7, 11) is 0. The highest BCUT2D eigenvalue weighted by molar-refractivity contribution is 7.98. The van der Waals surface area contributed by atoms with Crippen LogP contribution in [-0.2, 0) is 12.8 Å². The minimum absolute atomic E-state index is 0.604. The van der Waals surface area contributed by atoms with Crippen molar-refractivity contribution >= 4 is 39.0 Å². The predicted octanol–water partition coefficient (Wildman–Crippen LogP) is 4.06. The van der Waals surface area contributed by atoms with Crippen LogP contribution in [0.15, 0.2) is 5.16 Å². The Balaban J connectivity index is 1.88. The largest absolute Gasteiger partial charge is 0.257 e. The molecule has 5 rings (SSSR count). The van der Waals surface area contributed by atoms with Crippen LogP contribution in [0.2, 0.25) is 0 Å². The van der Waals surface area contributed by atoms with Crippen molar-refractivity contribution in [3.63, 3.8) is 0 Å². The van der Waals surface area contributed by atoms with E-state index in [1.807, 2.05) is 11.3 Å². The van der Waals surface area contributed by atoms with Crippen LogP contribution in [0, 0.1) is 5.92 Å². The average Bonchev–Trinajstić information content (AvgIpc) is 3.17. The van der Waals surface area contributed by atoms with Crippen molar-refractivity contribution in [2.24, 2.45) is 5.92 Å². The molecule has 0 bridgehead atoms. The van der Waals surface area contributed by atoms with E-state index in [4.69, 9.17) is 4.98 Å². The lowest BCUT2D eigenvalue weighted by molar-refractivity contribution is 0.509. The molecule has 1 atom stereocenters. The molecule has 1 unspecified atom stereocenters. The molecule has 0 saturated heterocycles. The van der Waals surface area contributed by atoms with Gasteiger partial charge in [-0.25, -0.2) is 4.98 Å². The zero-order valence-corrected chi connectivity index (χ0v) is 14.4. The lowest BCUT2D eigenvalue weighted by atomic mass is 9.89. The van der Waals surface area contributed by atoms with Crippen LogP contribution in [0.3, 0.4) is 0 Å². The number of hydrogen-bond donors (Lipinski definition) is 0. The zero-order chi connectivity index (χ0) is 14.8. The third-order valence-electron chi connectivity index (χ3n) is 4.92. The summed E-state index contributed by atoms with van der Waals surface area (Å²) in [5.41, 5.74) is 2.54. The van der Waals surface area contributed by atoms with Gasteiger partial charge in [-0.1, -0.05) is 18.7 Å². The van der Waals surface area contributed by atoms with E-state index in [9.17, 15) is 0 Å². The summed E-state index contributed by atoms with van der Waals surface area (Å²) in [6.45, 7) is 2.36. The van der Waals surface area contributed by atoms with E-state index in [-0.39, 0.29) is 0 Å². The number of nitrogens with zero attached hydrogens (tertiary/aromatic N) is 4. The Bertz CT molecular complexity index is 891. The fourth-order valence-electron chi connectivity index (χ4n) is 3.59. The second-order valence-corrected chi connectivity index (χ2v) is 8.48. The number of aryl methyl sites for hydroxylation is 1. The first-order valence-electron chi connectivity index (χ1n) is 7.99. The molecular formula is C16H18N4S2. The van der Waals surface area contributed by atoms with Gasteiger partial charge in [-0.2, -0.15) is 0 Å². The van der Waals surface area contributed by atoms with Gasteiger partial charge in [0.15, 0.2) is 10.8 Å². The Morgan fingerprint density at radius 1 is 1.23 bits per heavy atom. The molecule has 114 valence electrons. The molecular weight excluding hydrogens is 312 g/mol. The maximum Gasteiger partial charge on any atom is 0.196 e. The van der Waals surface area contributed by atoms with Gasteiger partial charge in [0.05, 0.1) is 5.39 Å². The van der Waals surface area contributed by atoms with E-state index in [0.717, 1.165) is 23.1 Å². The van der Waals surface area contributed by atoms with Crippen LogP contribution < -0.4 is 0 Å². The molecule has 0 amide bonds. The quantitative estimate of drug-likeness (QED) is 0.665. The first kappa shape index (κ1) is 13.3. The molecule has 3 aromatic rings. The number of hydrogen-bond acceptors (Lipinski definition) is 5. The van der Waals surface area contributed by atoms with Crippen molar-refractivity contribution in [1.82, 2.24) is 19.6 Å². The molecule has 22 heavy (non-hydrogen) atoms. The Morgan fingerprint density at radius 3 is 2.86 bits per heavy atom. The van der Waals surface area contributed by atoms with E-state index >= 15 is 0 Å². The third kappa shape index (κ3) is 1.80. The van der Waals surface area contributed by atoms with Gasteiger partial charge in [0.1, 0.15) is 10.7 Å². The van der Waals surface area contributed by atoms with Gasteiger partial charge in [-0.15, -0.1) is 21.5 Å². The fraction of sp³-hybridized carbons (Fsp3) is 0.562. The fourth-order valence-corrected chi connectivity index (χ4v) is 5.46. The van der Waals surface area contributed by atoms with Crippen LogP contribution in [0.25, 0.3) is 15.9 Å². The Kier molecular flexibility index (Phi) is 2.83. The molecule has 6 heteroatoms. The van der Waals surface area contributed by atoms with Gasteiger partial charge in [-0.05, 0) is 49.8 Å².